The molecule has 2 rings (SSSR count). The van der Waals surface area contributed by atoms with Crippen molar-refractivity contribution in [1.29, 1.82) is 0 Å². The molecule has 0 fully saturated rings. The van der Waals surface area contributed by atoms with Gasteiger partial charge in [0.1, 0.15) is 6.54 Å². The molecule has 0 aliphatic carbocycles. The van der Waals surface area contributed by atoms with Gasteiger partial charge in [-0.3, -0.25) is 24.3 Å². The Labute approximate surface area is 149 Å². The fraction of sp³-hybridized carbons (Fsp3) is 0.250. The highest BCUT2D eigenvalue weighted by molar-refractivity contribution is 7.90. The van der Waals surface area contributed by atoms with Crippen LogP contribution in [0.25, 0.3) is 0 Å². The molecule has 1 aromatic heterocycles. The molecule has 0 bridgehead atoms. The van der Waals surface area contributed by atoms with Gasteiger partial charge in [0.25, 0.3) is 11.2 Å². The van der Waals surface area contributed by atoms with Crippen molar-refractivity contribution in [3.05, 3.63) is 68.6 Å². The number of rotatable bonds is 6. The Balaban J connectivity index is 2.09. The predicted molar refractivity (Wildman–Crippen MR) is 93.5 cm³/mol. The lowest BCUT2D eigenvalue weighted by Gasteiger charge is -2.15. The maximum atomic E-state index is 12.1. The van der Waals surface area contributed by atoms with E-state index in [0.29, 0.717) is 5.56 Å². The van der Waals surface area contributed by atoms with E-state index in [0.717, 1.165) is 29.2 Å². The summed E-state index contributed by atoms with van der Waals surface area (Å²) in [5.74, 6) is -0.507. The molecule has 0 aliphatic heterocycles. The Morgan fingerprint density at radius 1 is 1.23 bits per heavy atom. The maximum Gasteiger partial charge on any atom is 0.285 e. The van der Waals surface area contributed by atoms with Crippen molar-refractivity contribution in [2.45, 2.75) is 24.4 Å². The van der Waals surface area contributed by atoms with E-state index in [1.807, 2.05) is 0 Å². The molecule has 2 aromatic rings. The first kappa shape index (κ1) is 19.3. The Hall–Kier alpha value is -3.01. The molecule has 1 aromatic carbocycles. The second-order valence-corrected chi connectivity index (χ2v) is 7.76. The van der Waals surface area contributed by atoms with Crippen LogP contribution >= 0.6 is 0 Å². The van der Waals surface area contributed by atoms with Gasteiger partial charge in [-0.05, 0) is 24.6 Å². The van der Waals surface area contributed by atoms with Crippen molar-refractivity contribution in [3.8, 4) is 0 Å². The first-order valence-corrected chi connectivity index (χ1v) is 9.41. The van der Waals surface area contributed by atoms with Crippen LogP contribution in [0.2, 0.25) is 0 Å². The number of hydrogen-bond acceptors (Lipinski definition) is 6. The van der Waals surface area contributed by atoms with Crippen molar-refractivity contribution in [3.63, 3.8) is 0 Å². The summed E-state index contributed by atoms with van der Waals surface area (Å²) >= 11 is 0. The Morgan fingerprint density at radius 2 is 1.85 bits per heavy atom. The van der Waals surface area contributed by atoms with E-state index in [2.05, 4.69) is 5.32 Å². The van der Waals surface area contributed by atoms with Gasteiger partial charge in [-0.2, -0.15) is 0 Å². The predicted octanol–water partition coefficient (Wildman–Crippen LogP) is 1.04. The summed E-state index contributed by atoms with van der Waals surface area (Å²) < 4.78 is 23.9. The maximum absolute atomic E-state index is 12.1. The third-order valence-corrected chi connectivity index (χ3v) is 4.81. The van der Waals surface area contributed by atoms with Crippen molar-refractivity contribution in [2.24, 2.45) is 0 Å². The normalized spacial score (nSPS) is 12.4. The highest BCUT2D eigenvalue weighted by Gasteiger charge is 2.14. The number of amides is 1. The lowest BCUT2D eigenvalue weighted by Crippen LogP contribution is -2.33. The number of hydrogen-bond donors (Lipinski definition) is 1. The molecule has 138 valence electrons. The molecule has 1 N–H and O–H groups in total. The van der Waals surface area contributed by atoms with E-state index in [-0.39, 0.29) is 17.1 Å². The fourth-order valence-electron chi connectivity index (χ4n) is 2.28. The fourth-order valence-corrected chi connectivity index (χ4v) is 2.91. The number of nitrogens with one attached hydrogen (secondary N) is 1. The number of benzene rings is 1. The van der Waals surface area contributed by atoms with Crippen LogP contribution in [0.15, 0.2) is 52.3 Å². The van der Waals surface area contributed by atoms with Gasteiger partial charge in [0.2, 0.25) is 5.91 Å². The molecule has 1 atom stereocenters. The number of pyridine rings is 1. The summed E-state index contributed by atoms with van der Waals surface area (Å²) in [6.07, 6.45) is 2.11. The van der Waals surface area contributed by atoms with Crippen LogP contribution in [0, 0.1) is 10.1 Å². The zero-order valence-electron chi connectivity index (χ0n) is 14.1. The van der Waals surface area contributed by atoms with E-state index < -0.39 is 32.3 Å². The quantitative estimate of drug-likeness (QED) is 0.590. The zero-order valence-corrected chi connectivity index (χ0v) is 14.9. The standard InChI is InChI=1S/C16H17N3O6S/c1-11(12-3-6-14(7-4-12)26(2,24)25)17-15(20)10-18-9-13(19(22)23)5-8-16(18)21/h3-9,11H,10H2,1-2H3,(H,17,20). The summed E-state index contributed by atoms with van der Waals surface area (Å²) in [6, 6.07) is 7.71. The first-order chi connectivity index (χ1) is 12.1. The number of sulfone groups is 1. The average molecular weight is 379 g/mol. The summed E-state index contributed by atoms with van der Waals surface area (Å²) in [5.41, 5.74) is -0.144. The molecule has 26 heavy (non-hydrogen) atoms. The van der Waals surface area contributed by atoms with Gasteiger partial charge < -0.3 is 5.32 Å². The van der Waals surface area contributed by atoms with Crippen LogP contribution < -0.4 is 10.9 Å². The number of carbonyl (C=O) groups is 1. The molecule has 1 amide bonds. The number of nitrogens with zero attached hydrogens (tertiary/aromatic N) is 2. The van der Waals surface area contributed by atoms with E-state index in [9.17, 15) is 28.1 Å². The summed E-state index contributed by atoms with van der Waals surface area (Å²) in [6.45, 7) is 1.33. The van der Waals surface area contributed by atoms with Gasteiger partial charge in [0.15, 0.2) is 9.84 Å². The minimum atomic E-state index is -3.31. The Kier molecular flexibility index (Phi) is 5.56. The van der Waals surface area contributed by atoms with E-state index in [1.165, 1.54) is 12.1 Å². The van der Waals surface area contributed by atoms with Crippen LogP contribution in [-0.4, -0.2) is 30.1 Å². The molecule has 1 unspecified atom stereocenters. The van der Waals surface area contributed by atoms with Crippen molar-refractivity contribution in [1.82, 2.24) is 9.88 Å². The van der Waals surface area contributed by atoms with Crippen LogP contribution in [0.1, 0.15) is 18.5 Å². The van der Waals surface area contributed by atoms with E-state index >= 15 is 0 Å². The lowest BCUT2D eigenvalue weighted by molar-refractivity contribution is -0.385. The number of nitro groups is 1. The molecule has 0 saturated heterocycles. The largest absolute Gasteiger partial charge is 0.348 e. The highest BCUT2D eigenvalue weighted by atomic mass is 32.2. The minimum Gasteiger partial charge on any atom is -0.348 e. The van der Waals surface area contributed by atoms with Gasteiger partial charge in [-0.25, -0.2) is 8.42 Å². The Morgan fingerprint density at radius 3 is 2.38 bits per heavy atom. The van der Waals surface area contributed by atoms with E-state index in [1.54, 1.807) is 19.1 Å². The molecule has 9 nitrogen and oxygen atoms in total. The average Bonchev–Trinajstić information content (AvgIpc) is 2.55. The van der Waals surface area contributed by atoms with Crippen LogP contribution in [0.5, 0.6) is 0 Å². The molecular formula is C16H17N3O6S. The molecule has 1 heterocycles. The first-order valence-electron chi connectivity index (χ1n) is 7.52. The van der Waals surface area contributed by atoms with E-state index in [4.69, 9.17) is 0 Å². The smallest absolute Gasteiger partial charge is 0.285 e. The summed E-state index contributed by atoms with van der Waals surface area (Å²) in [7, 11) is -3.31. The topological polar surface area (TPSA) is 128 Å². The van der Waals surface area contributed by atoms with Gasteiger partial charge in [-0.1, -0.05) is 12.1 Å². The number of aromatic nitrogens is 1. The monoisotopic (exact) mass is 379 g/mol. The lowest BCUT2D eigenvalue weighted by atomic mass is 10.1. The van der Waals surface area contributed by atoms with Gasteiger partial charge in [0.05, 0.1) is 22.1 Å². The second kappa shape index (κ2) is 7.48. The third kappa shape index (κ3) is 4.76. The van der Waals surface area contributed by atoms with Gasteiger partial charge >= 0.3 is 0 Å². The summed E-state index contributed by atoms with van der Waals surface area (Å²) in [5, 5.41) is 13.4. The van der Waals surface area contributed by atoms with Crippen molar-refractivity contribution >= 4 is 21.4 Å². The Bertz CT molecular complexity index is 995. The molecule has 0 radical (unpaired) electrons. The third-order valence-electron chi connectivity index (χ3n) is 3.68. The van der Waals surface area contributed by atoms with Crippen molar-refractivity contribution in [2.75, 3.05) is 6.26 Å². The second-order valence-electron chi connectivity index (χ2n) is 5.74. The molecule has 0 spiro atoms. The molecule has 0 aliphatic rings. The number of carbonyl (C=O) groups excluding carboxylic acids is 1. The van der Waals surface area contributed by atoms with Crippen LogP contribution in [0.4, 0.5) is 5.69 Å². The van der Waals surface area contributed by atoms with Gasteiger partial charge in [0, 0.05) is 18.4 Å². The zero-order chi connectivity index (χ0) is 19.5. The minimum absolute atomic E-state index is 0.169. The SMILES string of the molecule is CC(NC(=O)Cn1cc([N+](=O)[O-])ccc1=O)c1ccc(S(C)(=O)=O)cc1. The van der Waals surface area contributed by atoms with Crippen LogP contribution in [0.3, 0.4) is 0 Å². The molecular weight excluding hydrogens is 362 g/mol. The molecule has 10 heteroatoms. The van der Waals surface area contributed by atoms with Gasteiger partial charge in [-0.15, -0.1) is 0 Å². The highest BCUT2D eigenvalue weighted by Crippen LogP contribution is 2.16. The summed E-state index contributed by atoms with van der Waals surface area (Å²) in [4.78, 5) is 34.1. The molecule has 0 saturated carbocycles. The van der Waals surface area contributed by atoms with Crippen molar-refractivity contribution < 1.29 is 18.1 Å². The van der Waals surface area contributed by atoms with Crippen LogP contribution in [-0.2, 0) is 21.2 Å².